The summed E-state index contributed by atoms with van der Waals surface area (Å²) in [4.78, 5) is 28.1. The lowest BCUT2D eigenvalue weighted by atomic mass is 9.79. The van der Waals surface area contributed by atoms with Crippen molar-refractivity contribution in [2.75, 3.05) is 13.6 Å². The normalized spacial score (nSPS) is 18.0. The molecule has 3 N–H and O–H groups in total. The maximum Gasteiger partial charge on any atom is 0.254 e. The number of fused-ring (bicyclic) bond motifs is 1. The quantitative estimate of drug-likeness (QED) is 0.586. The SMILES string of the molecule is CN1C(=O)c2ccccc2[C@H](C(=O)NCCc2ccc(S(N)(=O)=O)cc2)[C@@H]1c1ccccc1. The third-order valence-electron chi connectivity index (χ3n) is 5.97. The Kier molecular flexibility index (Phi) is 6.31. The Bertz CT molecular complexity index is 1270. The number of nitrogens with two attached hydrogens (primary N) is 1. The molecule has 1 aliphatic heterocycles. The van der Waals surface area contributed by atoms with E-state index in [4.69, 9.17) is 5.14 Å². The first kappa shape index (κ1) is 22.7. The number of amides is 2. The van der Waals surface area contributed by atoms with Crippen molar-refractivity contribution in [2.24, 2.45) is 5.14 Å². The molecule has 170 valence electrons. The van der Waals surface area contributed by atoms with E-state index in [1.165, 1.54) is 12.1 Å². The molecule has 33 heavy (non-hydrogen) atoms. The van der Waals surface area contributed by atoms with Gasteiger partial charge in [-0.05, 0) is 41.3 Å². The standard InChI is InChI=1S/C25H25N3O4S/c1-28-23(18-7-3-2-4-8-18)22(20-9-5-6-10-21(20)25(28)30)24(29)27-16-15-17-11-13-19(14-12-17)33(26,31)32/h2-14,22-23H,15-16H2,1H3,(H,27,29)(H2,26,31,32)/t22-,23-/m0/s1. The van der Waals surface area contributed by atoms with Crippen LogP contribution >= 0.6 is 0 Å². The minimum absolute atomic E-state index is 0.0486. The van der Waals surface area contributed by atoms with Crippen molar-refractivity contribution < 1.29 is 18.0 Å². The number of carbonyl (C=O) groups excluding carboxylic acids is 2. The van der Waals surface area contributed by atoms with Crippen LogP contribution in [0.5, 0.6) is 0 Å². The molecule has 1 aliphatic rings. The first-order valence-corrected chi connectivity index (χ1v) is 12.1. The second-order valence-electron chi connectivity index (χ2n) is 8.07. The predicted octanol–water partition coefficient (Wildman–Crippen LogP) is 2.60. The number of nitrogens with one attached hydrogen (secondary N) is 1. The Hall–Kier alpha value is -3.49. The highest BCUT2D eigenvalue weighted by molar-refractivity contribution is 7.89. The van der Waals surface area contributed by atoms with E-state index < -0.39 is 22.0 Å². The Labute approximate surface area is 193 Å². The van der Waals surface area contributed by atoms with Crippen LogP contribution in [0.15, 0.2) is 83.8 Å². The van der Waals surface area contributed by atoms with Gasteiger partial charge in [-0.3, -0.25) is 9.59 Å². The minimum atomic E-state index is -3.74. The van der Waals surface area contributed by atoms with Gasteiger partial charge in [-0.25, -0.2) is 13.6 Å². The minimum Gasteiger partial charge on any atom is -0.355 e. The molecular formula is C25H25N3O4S. The molecule has 0 unspecified atom stereocenters. The number of sulfonamides is 1. The molecule has 0 saturated heterocycles. The molecule has 4 rings (SSSR count). The van der Waals surface area contributed by atoms with Crippen molar-refractivity contribution in [3.8, 4) is 0 Å². The lowest BCUT2D eigenvalue weighted by Gasteiger charge is -2.39. The second kappa shape index (κ2) is 9.17. The summed E-state index contributed by atoms with van der Waals surface area (Å²) >= 11 is 0. The van der Waals surface area contributed by atoms with Crippen LogP contribution in [0, 0.1) is 0 Å². The fourth-order valence-electron chi connectivity index (χ4n) is 4.31. The van der Waals surface area contributed by atoms with Gasteiger partial charge in [-0.2, -0.15) is 0 Å². The van der Waals surface area contributed by atoms with Crippen molar-refractivity contribution in [2.45, 2.75) is 23.3 Å². The number of rotatable bonds is 6. The predicted molar refractivity (Wildman–Crippen MR) is 125 cm³/mol. The molecule has 1 heterocycles. The van der Waals surface area contributed by atoms with Crippen LogP contribution in [0.4, 0.5) is 0 Å². The smallest absolute Gasteiger partial charge is 0.254 e. The maximum atomic E-state index is 13.4. The number of hydrogen-bond donors (Lipinski definition) is 2. The van der Waals surface area contributed by atoms with Gasteiger partial charge in [0, 0.05) is 19.2 Å². The average Bonchev–Trinajstić information content (AvgIpc) is 2.81. The van der Waals surface area contributed by atoms with Crippen LogP contribution in [-0.2, 0) is 21.2 Å². The van der Waals surface area contributed by atoms with Crippen molar-refractivity contribution in [1.82, 2.24) is 10.2 Å². The fraction of sp³-hybridized carbons (Fsp3) is 0.200. The van der Waals surface area contributed by atoms with E-state index in [2.05, 4.69) is 5.32 Å². The molecule has 0 aromatic heterocycles. The molecule has 3 aromatic carbocycles. The van der Waals surface area contributed by atoms with Gasteiger partial charge in [0.2, 0.25) is 15.9 Å². The Morgan fingerprint density at radius 3 is 2.27 bits per heavy atom. The highest BCUT2D eigenvalue weighted by Gasteiger charge is 2.42. The summed E-state index contributed by atoms with van der Waals surface area (Å²) in [6.07, 6.45) is 0.524. The molecule has 0 fully saturated rings. The Morgan fingerprint density at radius 2 is 1.61 bits per heavy atom. The Morgan fingerprint density at radius 1 is 0.970 bits per heavy atom. The number of hydrogen-bond acceptors (Lipinski definition) is 4. The molecule has 0 radical (unpaired) electrons. The van der Waals surface area contributed by atoms with Gasteiger partial charge in [0.05, 0.1) is 16.9 Å². The van der Waals surface area contributed by atoms with Gasteiger partial charge >= 0.3 is 0 Å². The molecule has 8 heteroatoms. The summed E-state index contributed by atoms with van der Waals surface area (Å²) in [6, 6.07) is 22.6. The van der Waals surface area contributed by atoms with Crippen molar-refractivity contribution in [3.05, 3.63) is 101 Å². The van der Waals surface area contributed by atoms with Gasteiger partial charge in [0.1, 0.15) is 0 Å². The molecule has 3 aromatic rings. The molecule has 0 spiro atoms. The van der Waals surface area contributed by atoms with E-state index in [0.29, 0.717) is 24.1 Å². The topological polar surface area (TPSA) is 110 Å². The summed E-state index contributed by atoms with van der Waals surface area (Å²) in [6.45, 7) is 0.366. The van der Waals surface area contributed by atoms with Crippen molar-refractivity contribution in [3.63, 3.8) is 0 Å². The molecule has 7 nitrogen and oxygen atoms in total. The summed E-state index contributed by atoms with van der Waals surface area (Å²) in [5.74, 6) is -0.841. The molecule has 0 saturated carbocycles. The first-order valence-electron chi connectivity index (χ1n) is 10.6. The fourth-order valence-corrected chi connectivity index (χ4v) is 4.83. The van der Waals surface area contributed by atoms with Gasteiger partial charge < -0.3 is 10.2 Å². The third-order valence-corrected chi connectivity index (χ3v) is 6.90. The summed E-state index contributed by atoms with van der Waals surface area (Å²) in [5, 5.41) is 8.14. The molecular weight excluding hydrogens is 438 g/mol. The van der Waals surface area contributed by atoms with Crippen LogP contribution in [0.25, 0.3) is 0 Å². The highest BCUT2D eigenvalue weighted by Crippen LogP contribution is 2.41. The van der Waals surface area contributed by atoms with Crippen LogP contribution in [0.3, 0.4) is 0 Å². The van der Waals surface area contributed by atoms with Crippen LogP contribution in [0.2, 0.25) is 0 Å². The molecule has 2 atom stereocenters. The van der Waals surface area contributed by atoms with Crippen LogP contribution < -0.4 is 10.5 Å². The number of benzene rings is 3. The van der Waals surface area contributed by atoms with E-state index in [1.807, 2.05) is 42.5 Å². The lowest BCUT2D eigenvalue weighted by molar-refractivity contribution is -0.124. The van der Waals surface area contributed by atoms with Gasteiger partial charge in [0.25, 0.3) is 5.91 Å². The lowest BCUT2D eigenvalue weighted by Crippen LogP contribution is -2.45. The van der Waals surface area contributed by atoms with Gasteiger partial charge in [0.15, 0.2) is 0 Å². The summed E-state index contributed by atoms with van der Waals surface area (Å²) < 4.78 is 22.8. The van der Waals surface area contributed by atoms with E-state index in [-0.39, 0.29) is 16.7 Å². The average molecular weight is 464 g/mol. The van der Waals surface area contributed by atoms with Gasteiger partial charge in [-0.15, -0.1) is 0 Å². The monoisotopic (exact) mass is 463 g/mol. The zero-order valence-corrected chi connectivity index (χ0v) is 19.0. The van der Waals surface area contributed by atoms with Gasteiger partial charge in [-0.1, -0.05) is 60.7 Å². The van der Waals surface area contributed by atoms with Crippen molar-refractivity contribution in [1.29, 1.82) is 0 Å². The zero-order chi connectivity index (χ0) is 23.6. The molecule has 2 amide bonds. The van der Waals surface area contributed by atoms with E-state index in [0.717, 1.165) is 11.1 Å². The highest BCUT2D eigenvalue weighted by atomic mass is 32.2. The zero-order valence-electron chi connectivity index (χ0n) is 18.1. The first-order chi connectivity index (χ1) is 15.8. The summed E-state index contributed by atoms with van der Waals surface area (Å²) in [5.41, 5.74) is 3.01. The summed E-state index contributed by atoms with van der Waals surface area (Å²) in [7, 11) is -2.02. The van der Waals surface area contributed by atoms with E-state index in [1.54, 1.807) is 36.2 Å². The second-order valence-corrected chi connectivity index (χ2v) is 9.63. The molecule has 0 bridgehead atoms. The maximum absolute atomic E-state index is 13.4. The van der Waals surface area contributed by atoms with Crippen molar-refractivity contribution >= 4 is 21.8 Å². The number of primary sulfonamides is 1. The number of nitrogens with zero attached hydrogens (tertiary/aromatic N) is 1. The Balaban J connectivity index is 1.56. The van der Waals surface area contributed by atoms with E-state index >= 15 is 0 Å². The third kappa shape index (κ3) is 4.67. The van der Waals surface area contributed by atoms with E-state index in [9.17, 15) is 18.0 Å². The number of carbonyl (C=O) groups is 2. The van der Waals surface area contributed by atoms with Crippen LogP contribution in [0.1, 0.15) is 39.0 Å². The van der Waals surface area contributed by atoms with Crippen LogP contribution in [-0.4, -0.2) is 38.7 Å². The largest absolute Gasteiger partial charge is 0.355 e. The molecule has 0 aliphatic carbocycles. The number of likely N-dealkylation sites (N-methyl/N-ethyl adjacent to an activating group) is 1.